The molecule has 1 atom stereocenters. The number of halogens is 1. The predicted molar refractivity (Wildman–Crippen MR) is 64.0 cm³/mol. The predicted octanol–water partition coefficient (Wildman–Crippen LogP) is 3.11. The largest absolute Gasteiger partial charge is 0.454 e. The maximum atomic E-state index is 6.17. The summed E-state index contributed by atoms with van der Waals surface area (Å²) in [6.07, 6.45) is 0.902. The average molecular weight is 242 g/mol. The molecule has 0 amide bonds. The van der Waals surface area contributed by atoms with Gasteiger partial charge in [-0.05, 0) is 24.0 Å². The van der Waals surface area contributed by atoms with Gasteiger partial charge in [-0.1, -0.05) is 25.4 Å². The Morgan fingerprint density at radius 3 is 2.56 bits per heavy atom. The van der Waals surface area contributed by atoms with E-state index in [9.17, 15) is 0 Å². The maximum absolute atomic E-state index is 6.17. The highest BCUT2D eigenvalue weighted by atomic mass is 35.5. The molecule has 1 aliphatic rings. The number of nitrogens with two attached hydrogens (primary N) is 1. The van der Waals surface area contributed by atoms with E-state index in [0.717, 1.165) is 17.7 Å². The molecule has 2 rings (SSSR count). The quantitative estimate of drug-likeness (QED) is 0.884. The van der Waals surface area contributed by atoms with E-state index in [-0.39, 0.29) is 12.8 Å². The van der Waals surface area contributed by atoms with Crippen LogP contribution in [0.15, 0.2) is 12.1 Å². The number of fused-ring (bicyclic) bond motifs is 1. The molecule has 1 aromatic carbocycles. The van der Waals surface area contributed by atoms with Crippen LogP contribution in [0.1, 0.15) is 31.9 Å². The molecule has 0 aliphatic carbocycles. The summed E-state index contributed by atoms with van der Waals surface area (Å²) < 4.78 is 10.6. The van der Waals surface area contributed by atoms with Gasteiger partial charge >= 0.3 is 0 Å². The number of ether oxygens (including phenoxy) is 2. The van der Waals surface area contributed by atoms with Crippen molar-refractivity contribution >= 4 is 11.6 Å². The number of hydrogen-bond acceptors (Lipinski definition) is 3. The molecular formula is C12H16ClNO2. The third-order valence-corrected chi connectivity index (χ3v) is 2.94. The monoisotopic (exact) mass is 241 g/mol. The van der Waals surface area contributed by atoms with Crippen molar-refractivity contribution in [2.45, 2.75) is 26.3 Å². The van der Waals surface area contributed by atoms with E-state index in [0.29, 0.717) is 16.7 Å². The Hall–Kier alpha value is -0.930. The summed E-state index contributed by atoms with van der Waals surface area (Å²) in [5.74, 6) is 1.97. The van der Waals surface area contributed by atoms with Gasteiger partial charge < -0.3 is 15.2 Å². The molecule has 16 heavy (non-hydrogen) atoms. The second-order valence-electron chi connectivity index (χ2n) is 4.46. The van der Waals surface area contributed by atoms with E-state index in [1.165, 1.54) is 0 Å². The van der Waals surface area contributed by atoms with Gasteiger partial charge in [0.1, 0.15) is 0 Å². The Kier molecular flexibility index (Phi) is 3.26. The number of benzene rings is 1. The molecule has 0 radical (unpaired) electrons. The van der Waals surface area contributed by atoms with Crippen molar-refractivity contribution in [3.8, 4) is 11.5 Å². The molecule has 0 aromatic heterocycles. The molecule has 1 aromatic rings. The summed E-state index contributed by atoms with van der Waals surface area (Å²) in [6, 6.07) is 3.61. The first-order valence-electron chi connectivity index (χ1n) is 5.42. The zero-order valence-electron chi connectivity index (χ0n) is 9.50. The van der Waals surface area contributed by atoms with Crippen molar-refractivity contribution in [1.29, 1.82) is 0 Å². The van der Waals surface area contributed by atoms with E-state index >= 15 is 0 Å². The molecule has 0 saturated heterocycles. The Balaban J connectivity index is 2.27. The Morgan fingerprint density at radius 2 is 1.94 bits per heavy atom. The minimum atomic E-state index is -0.0537. The van der Waals surface area contributed by atoms with Crippen LogP contribution in [0, 0.1) is 5.92 Å². The minimum absolute atomic E-state index is 0.0537. The van der Waals surface area contributed by atoms with Crippen molar-refractivity contribution in [2.75, 3.05) is 6.79 Å². The molecule has 88 valence electrons. The average Bonchev–Trinajstić information content (AvgIpc) is 2.61. The van der Waals surface area contributed by atoms with E-state index < -0.39 is 0 Å². The molecule has 0 spiro atoms. The lowest BCUT2D eigenvalue weighted by Gasteiger charge is -2.16. The van der Waals surface area contributed by atoms with Crippen LogP contribution in [0.3, 0.4) is 0 Å². The van der Waals surface area contributed by atoms with Gasteiger partial charge in [0.05, 0.1) is 0 Å². The Bertz CT molecular complexity index is 393. The molecule has 2 N–H and O–H groups in total. The third-order valence-electron chi connectivity index (χ3n) is 2.62. The van der Waals surface area contributed by atoms with Crippen molar-refractivity contribution in [1.82, 2.24) is 0 Å². The Labute approximate surface area is 100 Å². The van der Waals surface area contributed by atoms with Crippen molar-refractivity contribution in [2.24, 2.45) is 11.7 Å². The molecule has 0 saturated carbocycles. The topological polar surface area (TPSA) is 44.5 Å². The molecule has 1 heterocycles. The van der Waals surface area contributed by atoms with Gasteiger partial charge in [0.15, 0.2) is 11.5 Å². The summed E-state index contributed by atoms with van der Waals surface area (Å²) >= 11 is 6.17. The first-order valence-corrected chi connectivity index (χ1v) is 5.80. The molecule has 1 aliphatic heterocycles. The number of rotatable bonds is 3. The fourth-order valence-corrected chi connectivity index (χ4v) is 2.15. The fraction of sp³-hybridized carbons (Fsp3) is 0.500. The van der Waals surface area contributed by atoms with E-state index in [2.05, 4.69) is 13.8 Å². The molecule has 0 fully saturated rings. The van der Waals surface area contributed by atoms with Gasteiger partial charge in [0, 0.05) is 17.1 Å². The van der Waals surface area contributed by atoms with E-state index in [1.54, 1.807) is 6.07 Å². The van der Waals surface area contributed by atoms with Crippen LogP contribution >= 0.6 is 11.6 Å². The lowest BCUT2D eigenvalue weighted by molar-refractivity contribution is 0.174. The summed E-state index contributed by atoms with van der Waals surface area (Å²) in [6.45, 7) is 4.54. The molecule has 0 unspecified atom stereocenters. The van der Waals surface area contributed by atoms with Gasteiger partial charge in [-0.25, -0.2) is 0 Å². The van der Waals surface area contributed by atoms with Crippen LogP contribution in [-0.4, -0.2) is 6.79 Å². The van der Waals surface area contributed by atoms with Gasteiger partial charge in [-0.2, -0.15) is 0 Å². The first kappa shape index (κ1) is 11.6. The smallest absolute Gasteiger partial charge is 0.231 e. The minimum Gasteiger partial charge on any atom is -0.454 e. The highest BCUT2D eigenvalue weighted by Crippen LogP contribution is 2.39. The van der Waals surface area contributed by atoms with Crippen LogP contribution < -0.4 is 15.2 Å². The summed E-state index contributed by atoms with van der Waals surface area (Å²) in [7, 11) is 0. The van der Waals surface area contributed by atoms with Crippen molar-refractivity contribution < 1.29 is 9.47 Å². The zero-order valence-corrected chi connectivity index (χ0v) is 10.3. The summed E-state index contributed by atoms with van der Waals surface area (Å²) in [4.78, 5) is 0. The number of hydrogen-bond donors (Lipinski definition) is 1. The van der Waals surface area contributed by atoms with Gasteiger partial charge in [-0.3, -0.25) is 0 Å². The normalized spacial score (nSPS) is 15.6. The lowest BCUT2D eigenvalue weighted by Crippen LogP contribution is -2.13. The highest BCUT2D eigenvalue weighted by Gasteiger charge is 2.20. The van der Waals surface area contributed by atoms with Gasteiger partial charge in [0.2, 0.25) is 6.79 Å². The van der Waals surface area contributed by atoms with Crippen LogP contribution in [0.2, 0.25) is 5.02 Å². The van der Waals surface area contributed by atoms with Crippen LogP contribution in [0.4, 0.5) is 0 Å². The molecule has 0 bridgehead atoms. The van der Waals surface area contributed by atoms with E-state index in [4.69, 9.17) is 26.8 Å². The highest BCUT2D eigenvalue weighted by molar-refractivity contribution is 6.31. The maximum Gasteiger partial charge on any atom is 0.231 e. The molecule has 3 nitrogen and oxygen atoms in total. The Morgan fingerprint density at radius 1 is 1.31 bits per heavy atom. The standard InChI is InChI=1S/C12H16ClNO2/c1-7(2)3-10(14)8-4-11-12(5-9(8)13)16-6-15-11/h4-5,7,10H,3,6,14H2,1-2H3/t10-/m1/s1. The second kappa shape index (κ2) is 4.52. The lowest BCUT2D eigenvalue weighted by atomic mass is 9.97. The third kappa shape index (κ3) is 2.25. The fourth-order valence-electron chi connectivity index (χ4n) is 1.85. The van der Waals surface area contributed by atoms with Crippen molar-refractivity contribution in [3.63, 3.8) is 0 Å². The molecular weight excluding hydrogens is 226 g/mol. The van der Waals surface area contributed by atoms with Crippen molar-refractivity contribution in [3.05, 3.63) is 22.7 Å². The molecule has 4 heteroatoms. The second-order valence-corrected chi connectivity index (χ2v) is 4.87. The zero-order chi connectivity index (χ0) is 11.7. The summed E-state index contributed by atoms with van der Waals surface area (Å²) in [5.41, 5.74) is 7.04. The first-order chi connectivity index (χ1) is 7.58. The SMILES string of the molecule is CC(C)C[C@@H](N)c1cc2c(cc1Cl)OCO2. The van der Waals surface area contributed by atoms with Gasteiger partial charge in [-0.15, -0.1) is 0 Å². The van der Waals surface area contributed by atoms with Crippen LogP contribution in [-0.2, 0) is 0 Å². The van der Waals surface area contributed by atoms with E-state index in [1.807, 2.05) is 6.07 Å². The van der Waals surface area contributed by atoms with Gasteiger partial charge in [0.25, 0.3) is 0 Å². The summed E-state index contributed by atoms with van der Waals surface area (Å²) in [5, 5.41) is 0.650. The van der Waals surface area contributed by atoms with Crippen LogP contribution in [0.5, 0.6) is 11.5 Å². The van der Waals surface area contributed by atoms with Crippen LogP contribution in [0.25, 0.3) is 0 Å².